The van der Waals surface area contributed by atoms with E-state index in [0.29, 0.717) is 18.1 Å². The molecule has 0 bridgehead atoms. The van der Waals surface area contributed by atoms with Gasteiger partial charge >= 0.3 is 0 Å². The summed E-state index contributed by atoms with van der Waals surface area (Å²) in [6.45, 7) is 2.20. The van der Waals surface area contributed by atoms with Gasteiger partial charge < -0.3 is 10.1 Å². The van der Waals surface area contributed by atoms with Crippen LogP contribution in [0.2, 0.25) is 5.02 Å². The molecule has 1 aromatic carbocycles. The number of hydrogen-bond acceptors (Lipinski definition) is 4. The molecule has 0 spiro atoms. The fraction of sp³-hybridized carbons (Fsp3) is 0.600. The van der Waals surface area contributed by atoms with Gasteiger partial charge in [0.25, 0.3) is 0 Å². The maximum Gasteiger partial charge on any atom is 0.147 e. The summed E-state index contributed by atoms with van der Waals surface area (Å²) in [6, 6.07) is 7.71. The zero-order valence-corrected chi connectivity index (χ0v) is 14.2. The van der Waals surface area contributed by atoms with Gasteiger partial charge in [-0.1, -0.05) is 23.7 Å². The third kappa shape index (κ3) is 9.09. The average molecular weight is 334 g/mol. The third-order valence-corrected chi connectivity index (χ3v) is 4.48. The first-order valence-corrected chi connectivity index (χ1v) is 9.46. The molecule has 6 heteroatoms. The highest BCUT2D eigenvalue weighted by molar-refractivity contribution is 7.90. The smallest absolute Gasteiger partial charge is 0.147 e. The first-order chi connectivity index (χ1) is 9.90. The van der Waals surface area contributed by atoms with Crippen LogP contribution in [0, 0.1) is 5.92 Å². The van der Waals surface area contributed by atoms with Crippen molar-refractivity contribution in [3.8, 4) is 0 Å². The highest BCUT2D eigenvalue weighted by Gasteiger charge is 2.13. The van der Waals surface area contributed by atoms with E-state index in [-0.39, 0.29) is 11.7 Å². The number of methoxy groups -OCH3 is 1. The largest absolute Gasteiger partial charge is 0.383 e. The van der Waals surface area contributed by atoms with Gasteiger partial charge in [0.05, 0.1) is 12.4 Å². The van der Waals surface area contributed by atoms with E-state index in [2.05, 4.69) is 5.32 Å². The summed E-state index contributed by atoms with van der Waals surface area (Å²) >= 11 is 5.88. The molecule has 0 saturated carbocycles. The van der Waals surface area contributed by atoms with Gasteiger partial charge in [0.15, 0.2) is 0 Å². The second kappa shape index (κ2) is 9.41. The number of hydrogen-bond donors (Lipinski definition) is 1. The van der Waals surface area contributed by atoms with Crippen LogP contribution in [-0.4, -0.2) is 47.2 Å². The maximum atomic E-state index is 11.4. The van der Waals surface area contributed by atoms with E-state index in [4.69, 9.17) is 16.3 Å². The summed E-state index contributed by atoms with van der Waals surface area (Å²) in [6.07, 6.45) is 2.78. The van der Waals surface area contributed by atoms with Gasteiger partial charge in [0.2, 0.25) is 0 Å². The molecule has 120 valence electrons. The second-order valence-electron chi connectivity index (χ2n) is 5.31. The van der Waals surface area contributed by atoms with Crippen LogP contribution in [0.25, 0.3) is 0 Å². The molecule has 21 heavy (non-hydrogen) atoms. The number of benzene rings is 1. The van der Waals surface area contributed by atoms with Crippen LogP contribution in [-0.2, 0) is 21.0 Å². The molecule has 0 aliphatic heterocycles. The van der Waals surface area contributed by atoms with Crippen LogP contribution in [0.4, 0.5) is 0 Å². The summed E-state index contributed by atoms with van der Waals surface area (Å²) in [5, 5.41) is 4.02. The van der Waals surface area contributed by atoms with Crippen molar-refractivity contribution in [1.82, 2.24) is 5.32 Å². The minimum atomic E-state index is -2.93. The van der Waals surface area contributed by atoms with Crippen molar-refractivity contribution in [1.29, 1.82) is 0 Å². The van der Waals surface area contributed by atoms with Crippen molar-refractivity contribution in [3.05, 3.63) is 34.9 Å². The normalized spacial score (nSPS) is 13.3. The Morgan fingerprint density at radius 2 is 1.95 bits per heavy atom. The number of sulfone groups is 1. The van der Waals surface area contributed by atoms with E-state index in [9.17, 15) is 8.42 Å². The number of nitrogens with one attached hydrogen (secondary N) is 1. The lowest BCUT2D eigenvalue weighted by molar-refractivity contribution is 0.197. The molecule has 0 radical (unpaired) electrons. The molecule has 1 aromatic rings. The predicted octanol–water partition coefficient (Wildman–Crippen LogP) is 2.17. The van der Waals surface area contributed by atoms with Gasteiger partial charge in [-0.05, 0) is 43.0 Å². The van der Waals surface area contributed by atoms with Crippen LogP contribution < -0.4 is 5.32 Å². The Morgan fingerprint density at radius 3 is 2.52 bits per heavy atom. The summed E-state index contributed by atoms with van der Waals surface area (Å²) < 4.78 is 27.7. The van der Waals surface area contributed by atoms with Crippen molar-refractivity contribution in [2.75, 3.05) is 38.8 Å². The van der Waals surface area contributed by atoms with Crippen LogP contribution in [0.3, 0.4) is 0 Å². The van der Waals surface area contributed by atoms with Gasteiger partial charge in [-0.3, -0.25) is 0 Å². The molecule has 1 rings (SSSR count). The SMILES string of the molecule is COCCNCC(CCS(C)(=O)=O)Cc1ccc(Cl)cc1. The summed E-state index contributed by atoms with van der Waals surface area (Å²) in [5.41, 5.74) is 1.17. The first-order valence-electron chi connectivity index (χ1n) is 7.02. The van der Waals surface area contributed by atoms with Gasteiger partial charge in [-0.25, -0.2) is 8.42 Å². The molecule has 0 amide bonds. The number of rotatable bonds is 10. The van der Waals surface area contributed by atoms with Crippen LogP contribution in [0.15, 0.2) is 24.3 Å². The van der Waals surface area contributed by atoms with Crippen molar-refractivity contribution in [2.24, 2.45) is 5.92 Å². The Balaban J connectivity index is 2.55. The van der Waals surface area contributed by atoms with Crippen molar-refractivity contribution in [2.45, 2.75) is 12.8 Å². The zero-order valence-electron chi connectivity index (χ0n) is 12.6. The fourth-order valence-electron chi connectivity index (χ4n) is 2.09. The Kier molecular flexibility index (Phi) is 8.26. The monoisotopic (exact) mass is 333 g/mol. The van der Waals surface area contributed by atoms with Crippen molar-refractivity contribution in [3.63, 3.8) is 0 Å². The number of ether oxygens (including phenoxy) is 1. The lowest BCUT2D eigenvalue weighted by Gasteiger charge is -2.17. The van der Waals surface area contributed by atoms with Gasteiger partial charge in [0, 0.05) is 24.9 Å². The van der Waals surface area contributed by atoms with E-state index in [1.54, 1.807) is 7.11 Å². The molecule has 0 aliphatic carbocycles. The molecule has 1 N–H and O–H groups in total. The van der Waals surface area contributed by atoms with Gasteiger partial charge in [-0.15, -0.1) is 0 Å². The molecule has 0 heterocycles. The minimum absolute atomic E-state index is 0.219. The number of halogens is 1. The van der Waals surface area contributed by atoms with Crippen molar-refractivity contribution < 1.29 is 13.2 Å². The molecule has 0 aromatic heterocycles. The Hall–Kier alpha value is -0.620. The van der Waals surface area contributed by atoms with E-state index < -0.39 is 9.84 Å². The molecular formula is C15H24ClNO3S. The first kappa shape index (κ1) is 18.4. The summed E-state index contributed by atoms with van der Waals surface area (Å²) in [5.74, 6) is 0.495. The van der Waals surface area contributed by atoms with E-state index in [1.807, 2.05) is 24.3 Å². The summed E-state index contributed by atoms with van der Waals surface area (Å²) in [4.78, 5) is 0. The third-order valence-electron chi connectivity index (χ3n) is 3.25. The zero-order chi connectivity index (χ0) is 15.7. The molecular weight excluding hydrogens is 310 g/mol. The van der Waals surface area contributed by atoms with Crippen LogP contribution in [0.5, 0.6) is 0 Å². The van der Waals surface area contributed by atoms with Gasteiger partial charge in [0.1, 0.15) is 9.84 Å². The lowest BCUT2D eigenvalue weighted by atomic mass is 9.97. The second-order valence-corrected chi connectivity index (χ2v) is 8.01. The molecule has 0 saturated heterocycles. The topological polar surface area (TPSA) is 55.4 Å². The molecule has 4 nitrogen and oxygen atoms in total. The minimum Gasteiger partial charge on any atom is -0.383 e. The quantitative estimate of drug-likeness (QED) is 0.667. The Morgan fingerprint density at radius 1 is 1.29 bits per heavy atom. The lowest BCUT2D eigenvalue weighted by Crippen LogP contribution is -2.28. The standard InChI is InChI=1S/C15H24ClNO3S/c1-20-9-8-17-12-14(7-10-21(2,18)19)11-13-3-5-15(16)6-4-13/h3-6,14,17H,7-12H2,1-2H3. The molecule has 1 unspecified atom stereocenters. The molecule has 0 fully saturated rings. The van der Waals surface area contributed by atoms with Crippen molar-refractivity contribution >= 4 is 21.4 Å². The molecule has 0 aliphatic rings. The average Bonchev–Trinajstić information content (AvgIpc) is 2.42. The van der Waals surface area contributed by atoms with E-state index >= 15 is 0 Å². The fourth-order valence-corrected chi connectivity index (χ4v) is 2.98. The van der Waals surface area contributed by atoms with Crippen LogP contribution in [0.1, 0.15) is 12.0 Å². The Labute approximate surface area is 132 Å². The summed E-state index contributed by atoms with van der Waals surface area (Å²) in [7, 11) is -1.26. The van der Waals surface area contributed by atoms with E-state index in [1.165, 1.54) is 11.8 Å². The highest BCUT2D eigenvalue weighted by Crippen LogP contribution is 2.16. The highest BCUT2D eigenvalue weighted by atomic mass is 35.5. The Bertz CT molecular complexity index is 502. The van der Waals surface area contributed by atoms with Crippen LogP contribution >= 0.6 is 11.6 Å². The van der Waals surface area contributed by atoms with E-state index in [0.717, 1.165) is 19.5 Å². The maximum absolute atomic E-state index is 11.4. The molecule has 1 atom stereocenters. The van der Waals surface area contributed by atoms with Gasteiger partial charge in [-0.2, -0.15) is 0 Å². The predicted molar refractivity (Wildman–Crippen MR) is 87.7 cm³/mol.